The Morgan fingerprint density at radius 1 is 1.39 bits per heavy atom. The fourth-order valence-corrected chi connectivity index (χ4v) is 2.75. The van der Waals surface area contributed by atoms with Crippen molar-refractivity contribution in [1.82, 2.24) is 10.3 Å². The molecule has 2 unspecified atom stereocenters. The lowest BCUT2D eigenvalue weighted by Gasteiger charge is -2.16. The van der Waals surface area contributed by atoms with E-state index in [2.05, 4.69) is 15.1 Å². The molecule has 2 aromatic rings. The average molecular weight is 383 g/mol. The maximum atomic E-state index is 12.2. The third-order valence-electron chi connectivity index (χ3n) is 4.12. The highest BCUT2D eigenvalue weighted by Crippen LogP contribution is 2.23. The third kappa shape index (κ3) is 4.88. The fraction of sp³-hybridized carbons (Fsp3) is 0.278. The molecule has 0 spiro atoms. The summed E-state index contributed by atoms with van der Waals surface area (Å²) in [7, 11) is 0. The maximum Gasteiger partial charge on any atom is 0.326 e. The fourth-order valence-electron chi connectivity index (χ4n) is 2.75. The lowest BCUT2D eigenvalue weighted by atomic mass is 10.0. The Kier molecular flexibility index (Phi) is 6.76. The molecule has 0 saturated heterocycles. The van der Waals surface area contributed by atoms with E-state index in [1.54, 1.807) is 24.4 Å². The number of hydrogen-bond acceptors (Lipinski definition) is 5. The number of nitrogens with one attached hydrogen (secondary N) is 2. The Balaban J connectivity index is 2.07. The number of carbonyl (C=O) groups is 3. The van der Waals surface area contributed by atoms with Crippen molar-refractivity contribution in [3.8, 4) is 6.07 Å². The van der Waals surface area contributed by atoms with E-state index >= 15 is 0 Å². The number of carboxylic acids is 1. The summed E-state index contributed by atoms with van der Waals surface area (Å²) in [5.74, 6) is -2.89. The van der Waals surface area contributed by atoms with Crippen molar-refractivity contribution in [3.05, 3.63) is 41.1 Å². The number of hydrogen-bond donors (Lipinski definition) is 4. The number of Topliss-reactive ketones (excluding diaryl/α,β-unsaturated/α-hetero) is 1. The summed E-state index contributed by atoms with van der Waals surface area (Å²) in [5.41, 5.74) is 9.87. The quantitative estimate of drug-likeness (QED) is 0.272. The number of nitriles is 1. The van der Waals surface area contributed by atoms with E-state index < -0.39 is 29.8 Å². The smallest absolute Gasteiger partial charge is 0.326 e. The summed E-state index contributed by atoms with van der Waals surface area (Å²) < 4.78 is 0. The number of aliphatic hydroxyl groups excluding tert-OH is 1. The second kappa shape index (κ2) is 9.23. The number of carboxylic acid groups (broad SMARTS) is 1. The van der Waals surface area contributed by atoms with Crippen LogP contribution in [0.3, 0.4) is 0 Å². The van der Waals surface area contributed by atoms with Gasteiger partial charge in [-0.25, -0.2) is 4.79 Å². The van der Waals surface area contributed by atoms with Crippen LogP contribution in [0.1, 0.15) is 24.0 Å². The molecule has 1 heterocycles. The van der Waals surface area contributed by atoms with Gasteiger partial charge in [-0.05, 0) is 24.1 Å². The second-order valence-corrected chi connectivity index (χ2v) is 6.02. The molecule has 0 aliphatic heterocycles. The minimum absolute atomic E-state index is 0.132. The Bertz CT molecular complexity index is 999. The van der Waals surface area contributed by atoms with Gasteiger partial charge in [0.05, 0.1) is 11.6 Å². The van der Waals surface area contributed by atoms with Crippen molar-refractivity contribution in [2.45, 2.75) is 31.4 Å². The summed E-state index contributed by atoms with van der Waals surface area (Å²) >= 11 is 0. The number of aromatic nitrogens is 1. The lowest BCUT2D eigenvalue weighted by Crippen LogP contribution is -2.46. The number of ketones is 1. The van der Waals surface area contributed by atoms with E-state index in [-0.39, 0.29) is 19.3 Å². The SMILES string of the molecule is N#Cc1cccc2[nH]cc(CC(O)C(=O)NC(CCC(=O)C=[N+]=[N-])C(=O)O)c12. The van der Waals surface area contributed by atoms with Crippen LogP contribution in [0.25, 0.3) is 16.4 Å². The molecular weight excluding hydrogens is 366 g/mol. The van der Waals surface area contributed by atoms with Gasteiger partial charge in [0.1, 0.15) is 12.1 Å². The van der Waals surface area contributed by atoms with Crippen LogP contribution in [0.4, 0.5) is 0 Å². The topological polar surface area (TPSA) is 180 Å². The van der Waals surface area contributed by atoms with Gasteiger partial charge >= 0.3 is 12.2 Å². The van der Waals surface area contributed by atoms with Crippen LogP contribution in [0.5, 0.6) is 0 Å². The van der Waals surface area contributed by atoms with Crippen molar-refractivity contribution in [2.24, 2.45) is 0 Å². The van der Waals surface area contributed by atoms with Gasteiger partial charge < -0.3 is 26.0 Å². The first-order valence-corrected chi connectivity index (χ1v) is 8.28. The number of rotatable bonds is 9. The third-order valence-corrected chi connectivity index (χ3v) is 4.12. The number of aliphatic hydroxyl groups is 1. The molecule has 10 heteroatoms. The average Bonchev–Trinajstić information content (AvgIpc) is 3.07. The number of benzene rings is 1. The van der Waals surface area contributed by atoms with Gasteiger partial charge in [-0.1, -0.05) is 6.07 Å². The van der Waals surface area contributed by atoms with Gasteiger partial charge in [-0.2, -0.15) is 10.1 Å². The van der Waals surface area contributed by atoms with E-state index in [0.717, 1.165) is 0 Å². The monoisotopic (exact) mass is 383 g/mol. The van der Waals surface area contributed by atoms with E-state index in [4.69, 9.17) is 5.53 Å². The van der Waals surface area contributed by atoms with Crippen LogP contribution in [-0.4, -0.2) is 56.0 Å². The number of nitrogens with zero attached hydrogens (tertiary/aromatic N) is 3. The molecule has 1 aromatic heterocycles. The molecule has 0 bridgehead atoms. The van der Waals surface area contributed by atoms with Gasteiger partial charge in [0.2, 0.25) is 11.7 Å². The molecule has 1 amide bonds. The Morgan fingerprint density at radius 2 is 2.14 bits per heavy atom. The molecule has 10 nitrogen and oxygen atoms in total. The minimum atomic E-state index is -1.55. The largest absolute Gasteiger partial charge is 0.480 e. The predicted molar refractivity (Wildman–Crippen MR) is 96.2 cm³/mol. The Morgan fingerprint density at radius 3 is 2.79 bits per heavy atom. The van der Waals surface area contributed by atoms with E-state index in [1.165, 1.54) is 0 Å². The summed E-state index contributed by atoms with van der Waals surface area (Å²) in [6.45, 7) is 0. The molecule has 2 rings (SSSR count). The van der Waals surface area contributed by atoms with Gasteiger partial charge in [-0.3, -0.25) is 9.59 Å². The van der Waals surface area contributed by atoms with Crippen LogP contribution >= 0.6 is 0 Å². The van der Waals surface area contributed by atoms with Crippen molar-refractivity contribution in [2.75, 3.05) is 0 Å². The molecule has 0 aliphatic rings. The van der Waals surface area contributed by atoms with Crippen molar-refractivity contribution in [1.29, 1.82) is 5.26 Å². The number of H-pyrrole nitrogens is 1. The van der Waals surface area contributed by atoms with Gasteiger partial charge in [-0.15, -0.1) is 0 Å². The standard InChI is InChI=1S/C18H17N5O5/c19-7-10-2-1-3-13-16(10)11(8-21-13)6-15(25)17(26)23-14(18(27)28)5-4-12(24)9-22-20/h1-3,8-9,14-15,21,25H,4-6H2,(H,23,26)(H,27,28). The summed E-state index contributed by atoms with van der Waals surface area (Å²) in [6.07, 6.45) is 0.0355. The molecule has 28 heavy (non-hydrogen) atoms. The number of aliphatic carboxylic acids is 1. The minimum Gasteiger partial charge on any atom is -0.480 e. The zero-order chi connectivity index (χ0) is 20.7. The van der Waals surface area contributed by atoms with Gasteiger partial charge in [0.25, 0.3) is 0 Å². The lowest BCUT2D eigenvalue weighted by molar-refractivity contribution is -0.143. The summed E-state index contributed by atoms with van der Waals surface area (Å²) in [4.78, 5) is 40.3. The number of amides is 1. The van der Waals surface area contributed by atoms with Crippen molar-refractivity contribution >= 4 is 34.8 Å². The first kappa shape index (κ1) is 20.5. The molecule has 2 atom stereocenters. The van der Waals surface area contributed by atoms with Crippen LogP contribution < -0.4 is 5.32 Å². The normalized spacial score (nSPS) is 12.4. The van der Waals surface area contributed by atoms with E-state index in [0.29, 0.717) is 28.2 Å². The first-order chi connectivity index (χ1) is 13.4. The Labute approximate surface area is 159 Å². The van der Waals surface area contributed by atoms with Crippen LogP contribution in [-0.2, 0) is 20.8 Å². The maximum absolute atomic E-state index is 12.2. The highest BCUT2D eigenvalue weighted by atomic mass is 16.4. The van der Waals surface area contributed by atoms with Crippen LogP contribution in [0.15, 0.2) is 24.4 Å². The Hall–Kier alpha value is -3.80. The van der Waals surface area contributed by atoms with Gasteiger partial charge in [0, 0.05) is 29.9 Å². The van der Waals surface area contributed by atoms with E-state index in [9.17, 15) is 29.9 Å². The summed E-state index contributed by atoms with van der Waals surface area (Å²) in [6, 6.07) is 5.71. The van der Waals surface area contributed by atoms with Crippen molar-refractivity contribution < 1.29 is 29.4 Å². The van der Waals surface area contributed by atoms with E-state index in [1.807, 2.05) is 6.07 Å². The first-order valence-electron chi connectivity index (χ1n) is 8.28. The highest BCUT2D eigenvalue weighted by molar-refractivity contribution is 6.25. The zero-order valence-electron chi connectivity index (χ0n) is 14.6. The zero-order valence-corrected chi connectivity index (χ0v) is 14.6. The highest BCUT2D eigenvalue weighted by Gasteiger charge is 2.26. The predicted octanol–water partition coefficient (Wildman–Crippen LogP) is 0.162. The second-order valence-electron chi connectivity index (χ2n) is 6.02. The molecular formula is C18H17N5O5. The van der Waals surface area contributed by atoms with Crippen LogP contribution in [0, 0.1) is 11.3 Å². The molecule has 0 aliphatic carbocycles. The molecule has 0 saturated carbocycles. The number of aromatic amines is 1. The molecule has 4 N–H and O–H groups in total. The molecule has 1 aromatic carbocycles. The molecule has 0 fully saturated rings. The molecule has 144 valence electrons. The number of fused-ring (bicyclic) bond motifs is 1. The summed E-state index contributed by atoms with van der Waals surface area (Å²) in [5, 5.41) is 31.3. The van der Waals surface area contributed by atoms with Gasteiger partial charge in [0.15, 0.2) is 0 Å². The molecule has 0 radical (unpaired) electrons. The van der Waals surface area contributed by atoms with Crippen LogP contribution in [0.2, 0.25) is 0 Å². The number of carbonyl (C=O) groups excluding carboxylic acids is 2. The van der Waals surface area contributed by atoms with Crippen molar-refractivity contribution in [3.63, 3.8) is 0 Å².